The average molecular weight is 659 g/mol. The first-order valence-electron chi connectivity index (χ1n) is 16.5. The first kappa shape index (κ1) is 29.7. The highest BCUT2D eigenvalue weighted by atomic mass is 32.1. The van der Waals surface area contributed by atoms with Crippen molar-refractivity contribution in [1.82, 2.24) is 4.57 Å². The van der Waals surface area contributed by atoms with Gasteiger partial charge in [-0.15, -0.1) is 11.3 Å². The van der Waals surface area contributed by atoms with Gasteiger partial charge in [-0.1, -0.05) is 127 Å². The van der Waals surface area contributed by atoms with Crippen molar-refractivity contribution < 1.29 is 0 Å². The van der Waals surface area contributed by atoms with Crippen molar-refractivity contribution in [2.75, 3.05) is 0 Å². The maximum atomic E-state index is 8.57. The van der Waals surface area contributed by atoms with Gasteiger partial charge >= 0.3 is 0 Å². The smallest absolute Gasteiger partial charge is 0.161 e. The van der Waals surface area contributed by atoms with Gasteiger partial charge in [0.05, 0.1) is 11.0 Å². The first-order valence-corrected chi connectivity index (χ1v) is 17.3. The maximum absolute atomic E-state index is 8.57. The lowest BCUT2D eigenvalue weighted by Crippen LogP contribution is -2.05. The predicted molar refractivity (Wildman–Crippen MR) is 214 cm³/mol. The SMILES string of the molecule is C=N/C(=N\C(=N)c1ccccc1)c1ccccc1-c1ccc(-n2c3ccccc3c3cc(-c4cccc5c4sc4ccccc45)ccc32)cc1. The fourth-order valence-corrected chi connectivity index (χ4v) is 8.30. The summed E-state index contributed by atoms with van der Waals surface area (Å²) in [6, 6.07) is 57.0. The average Bonchev–Trinajstić information content (AvgIpc) is 3.73. The van der Waals surface area contributed by atoms with Crippen LogP contribution in [0.3, 0.4) is 0 Å². The minimum atomic E-state index is 0.146. The Morgan fingerprint density at radius 1 is 0.560 bits per heavy atom. The largest absolute Gasteiger partial charge is 0.309 e. The zero-order valence-electron chi connectivity index (χ0n) is 27.0. The molecule has 9 aromatic rings. The predicted octanol–water partition coefficient (Wildman–Crippen LogP) is 12.0. The Morgan fingerprint density at radius 2 is 1.22 bits per heavy atom. The molecule has 0 spiro atoms. The number of amidine groups is 2. The van der Waals surface area contributed by atoms with Crippen molar-refractivity contribution in [1.29, 1.82) is 5.41 Å². The van der Waals surface area contributed by atoms with Crippen LogP contribution in [-0.4, -0.2) is 23.0 Å². The van der Waals surface area contributed by atoms with Crippen LogP contribution >= 0.6 is 11.3 Å². The van der Waals surface area contributed by atoms with E-state index >= 15 is 0 Å². The molecule has 9 rings (SSSR count). The standard InChI is InChI=1S/C45H30N4S/c1-47-45(48-44(46)30-12-3-2-4-13-30)38-17-6-5-14-33(38)29-22-25-32(26-23-29)49-40-20-9-7-15-35(40)39-28-31(24-27-41(39)49)34-18-11-19-37-36-16-8-10-21-42(36)50-43(34)37/h2-28,46H,1H2/b46-44?,48-45-. The van der Waals surface area contributed by atoms with E-state index in [1.807, 2.05) is 59.9 Å². The van der Waals surface area contributed by atoms with Crippen LogP contribution in [-0.2, 0) is 0 Å². The fraction of sp³-hybridized carbons (Fsp3) is 0. The number of nitrogens with zero attached hydrogens (tertiary/aromatic N) is 3. The lowest BCUT2D eigenvalue weighted by atomic mass is 9.98. The van der Waals surface area contributed by atoms with Gasteiger partial charge in [-0.25, -0.2) is 9.98 Å². The Labute approximate surface area is 293 Å². The van der Waals surface area contributed by atoms with Gasteiger partial charge in [0, 0.05) is 47.8 Å². The molecule has 0 atom stereocenters. The summed E-state index contributed by atoms with van der Waals surface area (Å²) in [6.07, 6.45) is 0. The van der Waals surface area contributed by atoms with E-state index in [0.29, 0.717) is 5.84 Å². The number of nitrogens with one attached hydrogen (secondary N) is 1. The van der Waals surface area contributed by atoms with Crippen LogP contribution in [0.25, 0.3) is 69.9 Å². The third kappa shape index (κ3) is 4.95. The molecule has 0 bridgehead atoms. The number of benzene rings is 7. The molecule has 0 saturated carbocycles. The summed E-state index contributed by atoms with van der Waals surface area (Å²) >= 11 is 1.87. The number of para-hydroxylation sites is 1. The number of thiophene rings is 1. The van der Waals surface area contributed by atoms with Crippen LogP contribution in [0.4, 0.5) is 0 Å². The second kappa shape index (κ2) is 12.2. The molecule has 0 saturated heterocycles. The number of aromatic nitrogens is 1. The molecule has 2 aromatic heterocycles. The molecule has 0 aliphatic heterocycles. The Kier molecular flexibility index (Phi) is 7.26. The summed E-state index contributed by atoms with van der Waals surface area (Å²) < 4.78 is 4.99. The molecular weight excluding hydrogens is 629 g/mol. The molecule has 0 aliphatic rings. The van der Waals surface area contributed by atoms with E-state index in [-0.39, 0.29) is 5.84 Å². The molecule has 50 heavy (non-hydrogen) atoms. The number of aliphatic imine (C=N–C) groups is 2. The van der Waals surface area contributed by atoms with Crippen molar-refractivity contribution in [3.8, 4) is 27.9 Å². The van der Waals surface area contributed by atoms with Crippen molar-refractivity contribution in [3.05, 3.63) is 175 Å². The summed E-state index contributed by atoms with van der Waals surface area (Å²) in [5, 5.41) is 13.6. The molecule has 0 fully saturated rings. The van der Waals surface area contributed by atoms with Crippen molar-refractivity contribution in [2.24, 2.45) is 9.98 Å². The van der Waals surface area contributed by atoms with E-state index < -0.39 is 0 Å². The van der Waals surface area contributed by atoms with E-state index in [2.05, 4.69) is 137 Å². The van der Waals surface area contributed by atoms with Crippen LogP contribution in [0.5, 0.6) is 0 Å². The Hall–Kier alpha value is -6.43. The van der Waals surface area contributed by atoms with Crippen LogP contribution < -0.4 is 0 Å². The normalized spacial score (nSPS) is 11.9. The summed E-state index contributed by atoms with van der Waals surface area (Å²) in [5.41, 5.74) is 9.46. The monoisotopic (exact) mass is 658 g/mol. The molecule has 7 aromatic carbocycles. The maximum Gasteiger partial charge on any atom is 0.161 e. The van der Waals surface area contributed by atoms with Gasteiger partial charge < -0.3 is 4.57 Å². The highest BCUT2D eigenvalue weighted by molar-refractivity contribution is 7.26. The fourth-order valence-electron chi connectivity index (χ4n) is 7.06. The third-order valence-corrected chi connectivity index (χ3v) is 10.6. The molecule has 0 unspecified atom stereocenters. The molecule has 5 heteroatoms. The third-order valence-electron chi connectivity index (χ3n) is 9.41. The number of hydrogen-bond acceptors (Lipinski definition) is 2. The zero-order chi connectivity index (χ0) is 33.6. The van der Waals surface area contributed by atoms with Gasteiger partial charge in [-0.05, 0) is 65.4 Å². The summed E-state index contributed by atoms with van der Waals surface area (Å²) in [4.78, 5) is 8.82. The van der Waals surface area contributed by atoms with E-state index in [4.69, 9.17) is 5.41 Å². The highest BCUT2D eigenvalue weighted by Crippen LogP contribution is 2.42. The van der Waals surface area contributed by atoms with E-state index in [0.717, 1.165) is 39.0 Å². The van der Waals surface area contributed by atoms with Gasteiger partial charge in [0.25, 0.3) is 0 Å². The minimum Gasteiger partial charge on any atom is -0.309 e. The van der Waals surface area contributed by atoms with Crippen molar-refractivity contribution in [3.63, 3.8) is 0 Å². The second-order valence-corrected chi connectivity index (χ2v) is 13.3. The summed E-state index contributed by atoms with van der Waals surface area (Å²) in [6.45, 7) is 3.79. The van der Waals surface area contributed by atoms with E-state index in [9.17, 15) is 0 Å². The van der Waals surface area contributed by atoms with Crippen molar-refractivity contribution in [2.45, 2.75) is 0 Å². The Bertz CT molecular complexity index is 2790. The number of hydrogen-bond donors (Lipinski definition) is 1. The lowest BCUT2D eigenvalue weighted by molar-refractivity contribution is 1.18. The molecule has 0 aliphatic carbocycles. The van der Waals surface area contributed by atoms with E-state index in [1.54, 1.807) is 0 Å². The second-order valence-electron chi connectivity index (χ2n) is 12.3. The highest BCUT2D eigenvalue weighted by Gasteiger charge is 2.17. The van der Waals surface area contributed by atoms with Gasteiger partial charge in [0.15, 0.2) is 11.7 Å². The van der Waals surface area contributed by atoms with Crippen LogP contribution in [0.15, 0.2) is 174 Å². The Balaban J connectivity index is 1.13. The lowest BCUT2D eigenvalue weighted by Gasteiger charge is -2.12. The molecule has 1 N–H and O–H groups in total. The van der Waals surface area contributed by atoms with Gasteiger partial charge in [-0.2, -0.15) is 0 Å². The minimum absolute atomic E-state index is 0.146. The number of fused-ring (bicyclic) bond motifs is 6. The van der Waals surface area contributed by atoms with Crippen LogP contribution in [0.1, 0.15) is 11.1 Å². The van der Waals surface area contributed by atoms with Crippen LogP contribution in [0, 0.1) is 5.41 Å². The van der Waals surface area contributed by atoms with Gasteiger partial charge in [0.2, 0.25) is 0 Å². The van der Waals surface area contributed by atoms with Gasteiger partial charge in [-0.3, -0.25) is 5.41 Å². The topological polar surface area (TPSA) is 53.5 Å². The quantitative estimate of drug-likeness (QED) is 0.141. The summed E-state index contributed by atoms with van der Waals surface area (Å²) in [7, 11) is 0. The molecule has 236 valence electrons. The molecule has 4 nitrogen and oxygen atoms in total. The molecule has 0 amide bonds. The molecule has 2 heterocycles. The molecular formula is C45H30N4S. The zero-order valence-corrected chi connectivity index (χ0v) is 27.9. The summed E-state index contributed by atoms with van der Waals surface area (Å²) in [5.74, 6) is 0.566. The van der Waals surface area contributed by atoms with E-state index in [1.165, 1.54) is 42.1 Å². The van der Waals surface area contributed by atoms with Crippen LogP contribution in [0.2, 0.25) is 0 Å². The number of rotatable bonds is 5. The Morgan fingerprint density at radius 3 is 2.06 bits per heavy atom. The first-order chi connectivity index (χ1) is 24.7. The van der Waals surface area contributed by atoms with Crippen molar-refractivity contribution >= 4 is 71.7 Å². The van der Waals surface area contributed by atoms with Gasteiger partial charge in [0.1, 0.15) is 0 Å². The molecule has 0 radical (unpaired) electrons.